The van der Waals surface area contributed by atoms with Crippen molar-refractivity contribution in [3.05, 3.63) is 47.0 Å². The molecule has 0 saturated carbocycles. The van der Waals surface area contributed by atoms with Gasteiger partial charge in [-0.15, -0.1) is 0 Å². The summed E-state index contributed by atoms with van der Waals surface area (Å²) >= 11 is 6.31. The molecular weight excluding hydrogens is 408 g/mol. The van der Waals surface area contributed by atoms with Gasteiger partial charge in [-0.2, -0.15) is 4.98 Å². The monoisotopic (exact) mass is 430 g/mol. The average molecular weight is 431 g/mol. The second-order valence-electron chi connectivity index (χ2n) is 7.01. The summed E-state index contributed by atoms with van der Waals surface area (Å²) in [7, 11) is 0. The highest BCUT2D eigenvalue weighted by molar-refractivity contribution is 6.32. The molecule has 1 heterocycles. The quantitative estimate of drug-likeness (QED) is 0.454. The van der Waals surface area contributed by atoms with E-state index in [1.54, 1.807) is 12.1 Å². The minimum absolute atomic E-state index is 0.0201. The van der Waals surface area contributed by atoms with Crippen LogP contribution >= 0.6 is 11.6 Å². The van der Waals surface area contributed by atoms with Crippen LogP contribution in [0.25, 0.3) is 22.8 Å². The third-order valence-corrected chi connectivity index (χ3v) is 4.58. The van der Waals surface area contributed by atoms with Crippen LogP contribution in [0.1, 0.15) is 32.3 Å². The first kappa shape index (κ1) is 21.6. The molecule has 0 unspecified atom stereocenters. The third kappa shape index (κ3) is 5.30. The molecular formula is C22H23ClN2O5. The molecule has 3 aromatic rings. The van der Waals surface area contributed by atoms with E-state index in [1.165, 1.54) is 0 Å². The van der Waals surface area contributed by atoms with Crippen molar-refractivity contribution in [2.75, 3.05) is 6.61 Å². The molecule has 0 aliphatic carbocycles. The number of rotatable bonds is 9. The van der Waals surface area contributed by atoms with E-state index < -0.39 is 5.97 Å². The summed E-state index contributed by atoms with van der Waals surface area (Å²) in [6.07, 6.45) is 0.516. The van der Waals surface area contributed by atoms with Crippen molar-refractivity contribution in [3.63, 3.8) is 0 Å². The topological polar surface area (TPSA) is 94.7 Å². The molecule has 2 aromatic carbocycles. The van der Waals surface area contributed by atoms with Gasteiger partial charge in [0.2, 0.25) is 5.82 Å². The Morgan fingerprint density at radius 3 is 2.73 bits per heavy atom. The van der Waals surface area contributed by atoms with E-state index in [1.807, 2.05) is 45.0 Å². The van der Waals surface area contributed by atoms with Crippen molar-refractivity contribution in [1.29, 1.82) is 0 Å². The van der Waals surface area contributed by atoms with Gasteiger partial charge in [0.15, 0.2) is 0 Å². The van der Waals surface area contributed by atoms with E-state index in [0.29, 0.717) is 46.8 Å². The summed E-state index contributed by atoms with van der Waals surface area (Å²) in [6, 6.07) is 10.9. The van der Waals surface area contributed by atoms with E-state index in [4.69, 9.17) is 30.7 Å². The first-order valence-corrected chi connectivity index (χ1v) is 9.98. The van der Waals surface area contributed by atoms with Crippen molar-refractivity contribution < 1.29 is 23.9 Å². The van der Waals surface area contributed by atoms with Crippen LogP contribution in [0.5, 0.6) is 11.5 Å². The van der Waals surface area contributed by atoms with Crippen LogP contribution in [0, 0.1) is 6.92 Å². The molecule has 0 bridgehead atoms. The second-order valence-corrected chi connectivity index (χ2v) is 7.42. The molecule has 0 atom stereocenters. The van der Waals surface area contributed by atoms with Crippen molar-refractivity contribution >= 4 is 17.6 Å². The number of carboxylic acids is 1. The Morgan fingerprint density at radius 1 is 1.23 bits per heavy atom. The van der Waals surface area contributed by atoms with Crippen LogP contribution < -0.4 is 9.47 Å². The van der Waals surface area contributed by atoms with Gasteiger partial charge in [0.25, 0.3) is 5.89 Å². The average Bonchev–Trinajstić information content (AvgIpc) is 3.17. The molecule has 0 aliphatic rings. The normalized spacial score (nSPS) is 11.0. The molecule has 0 aliphatic heterocycles. The Labute approximate surface area is 179 Å². The zero-order valence-electron chi connectivity index (χ0n) is 17.0. The van der Waals surface area contributed by atoms with E-state index in [0.717, 1.165) is 11.1 Å². The first-order chi connectivity index (χ1) is 14.3. The minimum Gasteiger partial charge on any atom is -0.493 e. The Bertz CT molecular complexity index is 1030. The van der Waals surface area contributed by atoms with E-state index in [9.17, 15) is 4.79 Å². The Balaban J connectivity index is 1.78. The zero-order valence-corrected chi connectivity index (χ0v) is 17.8. The maximum Gasteiger partial charge on any atom is 0.303 e. The number of carbonyl (C=O) groups is 1. The highest BCUT2D eigenvalue weighted by atomic mass is 35.5. The molecule has 0 saturated heterocycles. The number of aromatic nitrogens is 2. The molecule has 1 aromatic heterocycles. The molecule has 0 radical (unpaired) electrons. The lowest BCUT2D eigenvalue weighted by molar-refractivity contribution is -0.137. The number of hydrogen-bond acceptors (Lipinski definition) is 6. The minimum atomic E-state index is -0.841. The smallest absolute Gasteiger partial charge is 0.303 e. The van der Waals surface area contributed by atoms with Gasteiger partial charge >= 0.3 is 5.97 Å². The highest BCUT2D eigenvalue weighted by Gasteiger charge is 2.16. The fourth-order valence-electron chi connectivity index (χ4n) is 2.85. The van der Waals surface area contributed by atoms with Crippen LogP contribution in [-0.2, 0) is 4.79 Å². The molecule has 3 rings (SSSR count). The fourth-order valence-corrected chi connectivity index (χ4v) is 3.07. The van der Waals surface area contributed by atoms with Crippen molar-refractivity contribution in [2.45, 2.75) is 39.7 Å². The SMILES string of the molecule is Cc1c(OCCCC(=O)O)cccc1-c1nc(-c2ccc(OC(C)C)c(Cl)c2)no1. The number of nitrogens with zero attached hydrogens (tertiary/aromatic N) is 2. The molecule has 0 fully saturated rings. The molecule has 1 N–H and O–H groups in total. The summed E-state index contributed by atoms with van der Waals surface area (Å²) < 4.78 is 16.8. The molecule has 158 valence electrons. The maximum atomic E-state index is 10.6. The number of carboxylic acid groups (broad SMARTS) is 1. The summed E-state index contributed by atoms with van der Waals surface area (Å²) in [5.74, 6) is 1.18. The van der Waals surface area contributed by atoms with Crippen LogP contribution in [0.2, 0.25) is 5.02 Å². The Kier molecular flexibility index (Phi) is 6.95. The molecule has 0 spiro atoms. The van der Waals surface area contributed by atoms with Crippen LogP contribution in [0.4, 0.5) is 0 Å². The van der Waals surface area contributed by atoms with Gasteiger partial charge in [-0.3, -0.25) is 4.79 Å². The number of aliphatic carboxylic acids is 1. The van der Waals surface area contributed by atoms with E-state index in [2.05, 4.69) is 10.1 Å². The maximum absolute atomic E-state index is 10.6. The van der Waals surface area contributed by atoms with Gasteiger partial charge in [-0.1, -0.05) is 22.8 Å². The van der Waals surface area contributed by atoms with Crippen molar-refractivity contribution in [3.8, 4) is 34.3 Å². The number of ether oxygens (including phenoxy) is 2. The van der Waals surface area contributed by atoms with Gasteiger partial charge in [0.05, 0.1) is 17.7 Å². The van der Waals surface area contributed by atoms with Crippen LogP contribution in [0.15, 0.2) is 40.9 Å². The molecule has 30 heavy (non-hydrogen) atoms. The van der Waals surface area contributed by atoms with E-state index >= 15 is 0 Å². The summed E-state index contributed by atoms with van der Waals surface area (Å²) in [5, 5.41) is 13.3. The zero-order chi connectivity index (χ0) is 21.7. The van der Waals surface area contributed by atoms with Crippen LogP contribution in [0.3, 0.4) is 0 Å². The molecule has 0 amide bonds. The predicted molar refractivity (Wildman–Crippen MR) is 113 cm³/mol. The third-order valence-electron chi connectivity index (χ3n) is 4.29. The van der Waals surface area contributed by atoms with Gasteiger partial charge in [0, 0.05) is 23.1 Å². The standard InChI is InChI=1S/C22H23ClN2O5/c1-13(2)29-19-10-9-15(12-17(19)23)21-24-22(30-25-21)16-6-4-7-18(14(16)3)28-11-5-8-20(26)27/h4,6-7,9-10,12-13H,5,8,11H2,1-3H3,(H,26,27). The fraction of sp³-hybridized carbons (Fsp3) is 0.318. The van der Waals surface area contributed by atoms with Gasteiger partial charge in [0.1, 0.15) is 11.5 Å². The lowest BCUT2D eigenvalue weighted by Gasteiger charge is -2.11. The number of benzene rings is 2. The lowest BCUT2D eigenvalue weighted by atomic mass is 10.1. The number of hydrogen-bond donors (Lipinski definition) is 1. The highest BCUT2D eigenvalue weighted by Crippen LogP contribution is 2.33. The van der Waals surface area contributed by atoms with Crippen LogP contribution in [-0.4, -0.2) is 33.9 Å². The first-order valence-electron chi connectivity index (χ1n) is 9.60. The summed E-state index contributed by atoms with van der Waals surface area (Å²) in [6.45, 7) is 6.07. The van der Waals surface area contributed by atoms with Crippen molar-refractivity contribution in [2.24, 2.45) is 0 Å². The van der Waals surface area contributed by atoms with Gasteiger partial charge in [-0.05, 0) is 57.5 Å². The Morgan fingerprint density at radius 2 is 2.03 bits per heavy atom. The molecule has 7 nitrogen and oxygen atoms in total. The summed E-state index contributed by atoms with van der Waals surface area (Å²) in [5.41, 5.74) is 2.29. The second kappa shape index (κ2) is 9.63. The number of halogens is 1. The van der Waals surface area contributed by atoms with Gasteiger partial charge < -0.3 is 19.1 Å². The van der Waals surface area contributed by atoms with E-state index in [-0.39, 0.29) is 12.5 Å². The predicted octanol–water partition coefficient (Wildman–Crippen LogP) is 5.40. The summed E-state index contributed by atoms with van der Waals surface area (Å²) in [4.78, 5) is 15.1. The van der Waals surface area contributed by atoms with Gasteiger partial charge in [-0.25, -0.2) is 0 Å². The Hall–Kier alpha value is -3.06. The largest absolute Gasteiger partial charge is 0.493 e. The lowest BCUT2D eigenvalue weighted by Crippen LogP contribution is -2.05. The molecule has 8 heteroatoms. The van der Waals surface area contributed by atoms with Crippen molar-refractivity contribution in [1.82, 2.24) is 10.1 Å².